The molecule has 3 nitrogen and oxygen atoms in total. The Labute approximate surface area is 197 Å². The van der Waals surface area contributed by atoms with E-state index in [0.717, 1.165) is 50.7 Å². The molecule has 0 radical (unpaired) electrons. The number of carbonyl (C=O) groups excluding carboxylic acids is 2. The number of rotatable bonds is 2. The number of allylic oxidation sites excluding steroid dienone is 4. The summed E-state index contributed by atoms with van der Waals surface area (Å²) in [6, 6.07) is 8.33. The molecule has 1 aromatic rings. The second-order valence-corrected chi connectivity index (χ2v) is 11.2. The predicted molar refractivity (Wildman–Crippen MR) is 129 cm³/mol. The molecule has 1 aromatic carbocycles. The molecule has 5 atom stereocenters. The van der Waals surface area contributed by atoms with E-state index in [2.05, 4.69) is 25.6 Å². The van der Waals surface area contributed by atoms with Gasteiger partial charge in [-0.05, 0) is 92.1 Å². The molecule has 1 saturated heterocycles. The molecule has 4 aliphatic carbocycles. The van der Waals surface area contributed by atoms with E-state index < -0.39 is 0 Å². The van der Waals surface area contributed by atoms with Crippen molar-refractivity contribution in [2.24, 2.45) is 17.3 Å². The minimum Gasteiger partial charge on any atom is -0.370 e. The summed E-state index contributed by atoms with van der Waals surface area (Å²) in [6.45, 7) is 9.42. The van der Waals surface area contributed by atoms with E-state index in [1.54, 1.807) is 12.5 Å². The molecular weight excluding hydrogens is 408 g/mol. The van der Waals surface area contributed by atoms with Gasteiger partial charge in [0.2, 0.25) is 0 Å². The molecule has 1 heterocycles. The van der Waals surface area contributed by atoms with Gasteiger partial charge in [-0.1, -0.05) is 43.3 Å². The van der Waals surface area contributed by atoms with E-state index in [-0.39, 0.29) is 22.6 Å². The van der Waals surface area contributed by atoms with Crippen molar-refractivity contribution in [3.8, 4) is 0 Å². The van der Waals surface area contributed by atoms with Crippen LogP contribution in [0.25, 0.3) is 0 Å². The summed E-state index contributed by atoms with van der Waals surface area (Å²) in [5.74, 6) is 1.83. The smallest absolute Gasteiger partial charge is 0.159 e. The van der Waals surface area contributed by atoms with E-state index in [4.69, 9.17) is 4.74 Å². The van der Waals surface area contributed by atoms with Crippen molar-refractivity contribution in [1.82, 2.24) is 0 Å². The zero-order valence-corrected chi connectivity index (χ0v) is 19.9. The second-order valence-electron chi connectivity index (χ2n) is 11.2. The molecule has 2 saturated carbocycles. The molecule has 3 fully saturated rings. The van der Waals surface area contributed by atoms with E-state index >= 15 is 0 Å². The monoisotopic (exact) mass is 442 g/mol. The maximum atomic E-state index is 12.2. The highest BCUT2D eigenvalue weighted by molar-refractivity contribution is 5.94. The Kier molecular flexibility index (Phi) is 4.75. The molecule has 1 aliphatic heterocycles. The quantitative estimate of drug-likeness (QED) is 0.388. The number of fused-ring (bicyclic) bond motifs is 5. The van der Waals surface area contributed by atoms with Crippen LogP contribution in [-0.4, -0.2) is 23.8 Å². The SMILES string of the molecule is C=C1CCO[C@]12CC[C@H]1[C@@H]3CCC4=CC(=O)CCC4=C3[C@@H](c3ccc(C(C)=O)cc3)C[C@@]12C. The average Bonchev–Trinajstić information content (AvgIpc) is 3.33. The van der Waals surface area contributed by atoms with Gasteiger partial charge in [-0.25, -0.2) is 0 Å². The first-order valence-electron chi connectivity index (χ1n) is 12.7. The molecule has 0 aromatic heterocycles. The summed E-state index contributed by atoms with van der Waals surface area (Å²) in [5.41, 5.74) is 7.60. The van der Waals surface area contributed by atoms with Crippen LogP contribution in [0.5, 0.6) is 0 Å². The van der Waals surface area contributed by atoms with Gasteiger partial charge >= 0.3 is 0 Å². The Morgan fingerprint density at radius 2 is 1.88 bits per heavy atom. The van der Waals surface area contributed by atoms with Gasteiger partial charge in [-0.2, -0.15) is 0 Å². The van der Waals surface area contributed by atoms with E-state index in [0.29, 0.717) is 24.2 Å². The van der Waals surface area contributed by atoms with Crippen molar-refractivity contribution in [2.45, 2.75) is 76.7 Å². The number of ketones is 2. The van der Waals surface area contributed by atoms with Crippen LogP contribution in [0, 0.1) is 17.3 Å². The van der Waals surface area contributed by atoms with Crippen LogP contribution in [0.3, 0.4) is 0 Å². The molecular formula is C30H34O3. The molecule has 0 N–H and O–H groups in total. The number of ether oxygens (including phenoxy) is 1. The molecule has 5 aliphatic rings. The Morgan fingerprint density at radius 3 is 2.58 bits per heavy atom. The highest BCUT2D eigenvalue weighted by Gasteiger charge is 2.65. The highest BCUT2D eigenvalue weighted by atomic mass is 16.5. The number of carbonyl (C=O) groups is 2. The first-order chi connectivity index (χ1) is 15.8. The third kappa shape index (κ3) is 2.91. The number of Topliss-reactive ketones (excluding diaryl/α,β-unsaturated/α-hetero) is 1. The molecule has 33 heavy (non-hydrogen) atoms. The van der Waals surface area contributed by atoms with Gasteiger partial charge in [-0.3, -0.25) is 9.59 Å². The molecule has 3 heteroatoms. The van der Waals surface area contributed by atoms with Crippen LogP contribution in [0.1, 0.15) is 87.1 Å². The lowest BCUT2D eigenvalue weighted by Crippen LogP contribution is -2.52. The van der Waals surface area contributed by atoms with E-state index in [9.17, 15) is 9.59 Å². The fourth-order valence-electron chi connectivity index (χ4n) is 8.37. The summed E-state index contributed by atoms with van der Waals surface area (Å²) >= 11 is 0. The summed E-state index contributed by atoms with van der Waals surface area (Å²) in [6.07, 6.45) is 9.92. The fourth-order valence-corrected chi connectivity index (χ4v) is 8.37. The molecule has 172 valence electrons. The third-order valence-electron chi connectivity index (χ3n) is 9.90. The van der Waals surface area contributed by atoms with Crippen molar-refractivity contribution in [3.05, 3.63) is 70.3 Å². The van der Waals surface area contributed by atoms with Gasteiger partial charge in [0.1, 0.15) is 0 Å². The standard InChI is InChI=1S/C30H34O3/c1-18-13-15-33-30(18)14-12-27-25-10-8-22-16-23(32)9-11-24(22)28(25)26(17-29(27,30)3)21-6-4-20(5-7-21)19(2)31/h4-7,16,25-27H,1,8-15,17H2,2-3H3/t25-,26+,27-,29-,30+/m0/s1. The molecule has 0 unspecified atom stereocenters. The Morgan fingerprint density at radius 1 is 1.09 bits per heavy atom. The van der Waals surface area contributed by atoms with E-state index in [1.807, 2.05) is 18.2 Å². The number of hydrogen-bond donors (Lipinski definition) is 0. The minimum atomic E-state index is -0.190. The topological polar surface area (TPSA) is 43.4 Å². The maximum absolute atomic E-state index is 12.2. The van der Waals surface area contributed by atoms with Crippen molar-refractivity contribution < 1.29 is 14.3 Å². The molecule has 0 amide bonds. The summed E-state index contributed by atoms with van der Waals surface area (Å²) in [7, 11) is 0. The van der Waals surface area contributed by atoms with Gasteiger partial charge in [0.25, 0.3) is 0 Å². The van der Waals surface area contributed by atoms with Crippen molar-refractivity contribution in [2.75, 3.05) is 6.61 Å². The summed E-state index contributed by atoms with van der Waals surface area (Å²) in [4.78, 5) is 24.1. The fraction of sp³-hybridized carbons (Fsp3) is 0.533. The number of benzene rings is 1. The van der Waals surface area contributed by atoms with Gasteiger partial charge in [0.05, 0.1) is 12.2 Å². The largest absolute Gasteiger partial charge is 0.370 e. The van der Waals surface area contributed by atoms with Gasteiger partial charge in [0, 0.05) is 23.3 Å². The molecule has 6 rings (SSSR count). The van der Waals surface area contributed by atoms with Crippen LogP contribution in [0.2, 0.25) is 0 Å². The maximum Gasteiger partial charge on any atom is 0.159 e. The molecule has 0 bridgehead atoms. The Bertz CT molecular complexity index is 1120. The van der Waals surface area contributed by atoms with Crippen LogP contribution >= 0.6 is 0 Å². The van der Waals surface area contributed by atoms with Crippen molar-refractivity contribution >= 4 is 11.6 Å². The van der Waals surface area contributed by atoms with Crippen LogP contribution < -0.4 is 0 Å². The van der Waals surface area contributed by atoms with Crippen molar-refractivity contribution in [1.29, 1.82) is 0 Å². The van der Waals surface area contributed by atoms with E-state index in [1.165, 1.54) is 28.7 Å². The predicted octanol–water partition coefficient (Wildman–Crippen LogP) is 6.50. The van der Waals surface area contributed by atoms with Crippen LogP contribution in [0.4, 0.5) is 0 Å². The summed E-state index contributed by atoms with van der Waals surface area (Å²) in [5, 5.41) is 0. The van der Waals surface area contributed by atoms with Gasteiger partial charge < -0.3 is 4.74 Å². The van der Waals surface area contributed by atoms with Crippen LogP contribution in [-0.2, 0) is 9.53 Å². The first kappa shape index (κ1) is 21.3. The van der Waals surface area contributed by atoms with Gasteiger partial charge in [-0.15, -0.1) is 0 Å². The first-order valence-corrected chi connectivity index (χ1v) is 12.7. The lowest BCUT2D eigenvalue weighted by atomic mass is 9.50. The van der Waals surface area contributed by atoms with Crippen molar-refractivity contribution in [3.63, 3.8) is 0 Å². The van der Waals surface area contributed by atoms with Gasteiger partial charge in [0.15, 0.2) is 11.6 Å². The Balaban J connectivity index is 1.52. The number of hydrogen-bond acceptors (Lipinski definition) is 3. The lowest BCUT2D eigenvalue weighted by Gasteiger charge is -2.55. The molecule has 1 spiro atoms. The third-order valence-corrected chi connectivity index (χ3v) is 9.90. The minimum absolute atomic E-state index is 0.0604. The zero-order chi connectivity index (χ0) is 23.0. The normalized spacial score (nSPS) is 37.6. The Hall–Kier alpha value is -2.26. The lowest BCUT2D eigenvalue weighted by molar-refractivity contribution is -0.114. The second kappa shape index (κ2) is 7.37. The summed E-state index contributed by atoms with van der Waals surface area (Å²) < 4.78 is 6.61. The van der Waals surface area contributed by atoms with Crippen LogP contribution in [0.15, 0.2) is 59.2 Å². The average molecular weight is 443 g/mol. The highest BCUT2D eigenvalue weighted by Crippen LogP contribution is 2.70. The zero-order valence-electron chi connectivity index (χ0n) is 19.9.